The molecule has 86 valence electrons. The number of carbonyl (C=O) groups is 2. The van der Waals surface area contributed by atoms with E-state index < -0.39 is 5.97 Å². The number of halogens is 1. The Balaban J connectivity index is 3.06. The number of amides is 1. The van der Waals surface area contributed by atoms with Crippen molar-refractivity contribution in [2.24, 2.45) is 0 Å². The number of nitrogens with one attached hydrogen (secondary N) is 1. The van der Waals surface area contributed by atoms with E-state index in [0.717, 1.165) is 0 Å². The number of aromatic nitrogens is 1. The SMILES string of the molecule is COC(=O)c1cc(Br)c(CNC=O)nc1N. The van der Waals surface area contributed by atoms with Crippen LogP contribution in [0.3, 0.4) is 0 Å². The molecule has 0 fully saturated rings. The van der Waals surface area contributed by atoms with Crippen LogP contribution in [0.1, 0.15) is 16.1 Å². The number of carbonyl (C=O) groups excluding carboxylic acids is 2. The van der Waals surface area contributed by atoms with Crippen molar-refractivity contribution in [3.05, 3.63) is 21.8 Å². The molecule has 1 amide bonds. The second kappa shape index (κ2) is 5.45. The van der Waals surface area contributed by atoms with Gasteiger partial charge in [-0.25, -0.2) is 9.78 Å². The van der Waals surface area contributed by atoms with Gasteiger partial charge in [0.05, 0.1) is 19.3 Å². The number of rotatable bonds is 4. The Morgan fingerprint density at radius 1 is 1.75 bits per heavy atom. The molecule has 1 aromatic rings. The van der Waals surface area contributed by atoms with Gasteiger partial charge in [0.25, 0.3) is 0 Å². The smallest absolute Gasteiger partial charge is 0.341 e. The van der Waals surface area contributed by atoms with E-state index in [-0.39, 0.29) is 17.9 Å². The summed E-state index contributed by atoms with van der Waals surface area (Å²) in [4.78, 5) is 25.4. The van der Waals surface area contributed by atoms with E-state index >= 15 is 0 Å². The fourth-order valence-corrected chi connectivity index (χ4v) is 1.54. The molecule has 0 aliphatic rings. The lowest BCUT2D eigenvalue weighted by molar-refractivity contribution is -0.109. The summed E-state index contributed by atoms with van der Waals surface area (Å²) in [5, 5.41) is 2.45. The quantitative estimate of drug-likeness (QED) is 0.620. The van der Waals surface area contributed by atoms with E-state index in [1.165, 1.54) is 13.2 Å². The maximum absolute atomic E-state index is 11.3. The van der Waals surface area contributed by atoms with Crippen molar-refractivity contribution in [1.29, 1.82) is 0 Å². The number of hydrogen-bond donors (Lipinski definition) is 2. The van der Waals surface area contributed by atoms with Gasteiger partial charge in [0, 0.05) is 4.47 Å². The van der Waals surface area contributed by atoms with Gasteiger partial charge in [0.1, 0.15) is 11.4 Å². The van der Waals surface area contributed by atoms with Crippen LogP contribution in [0.5, 0.6) is 0 Å². The van der Waals surface area contributed by atoms with Crippen molar-refractivity contribution in [2.45, 2.75) is 6.54 Å². The molecule has 16 heavy (non-hydrogen) atoms. The third-order valence-electron chi connectivity index (χ3n) is 1.84. The molecule has 0 spiro atoms. The highest BCUT2D eigenvalue weighted by molar-refractivity contribution is 9.10. The van der Waals surface area contributed by atoms with Gasteiger partial charge in [-0.2, -0.15) is 0 Å². The molecule has 6 nitrogen and oxygen atoms in total. The van der Waals surface area contributed by atoms with Crippen LogP contribution < -0.4 is 11.1 Å². The predicted octanol–water partition coefficient (Wildman–Crippen LogP) is 0.459. The zero-order valence-corrected chi connectivity index (χ0v) is 10.1. The van der Waals surface area contributed by atoms with Gasteiger partial charge >= 0.3 is 5.97 Å². The number of nitrogens with two attached hydrogens (primary N) is 1. The fraction of sp³-hybridized carbons (Fsp3) is 0.222. The van der Waals surface area contributed by atoms with Gasteiger partial charge in [-0.1, -0.05) is 0 Å². The van der Waals surface area contributed by atoms with E-state index in [2.05, 4.69) is 31.0 Å². The maximum atomic E-state index is 11.3. The van der Waals surface area contributed by atoms with E-state index in [1.807, 2.05) is 0 Å². The number of hydrogen-bond acceptors (Lipinski definition) is 5. The van der Waals surface area contributed by atoms with Crippen LogP contribution in [0.15, 0.2) is 10.5 Å². The molecule has 7 heteroatoms. The molecule has 0 unspecified atom stereocenters. The molecule has 0 atom stereocenters. The predicted molar refractivity (Wildman–Crippen MR) is 60.6 cm³/mol. The average molecular weight is 288 g/mol. The van der Waals surface area contributed by atoms with E-state index in [9.17, 15) is 9.59 Å². The van der Waals surface area contributed by atoms with Crippen molar-refractivity contribution in [3.63, 3.8) is 0 Å². The summed E-state index contributed by atoms with van der Waals surface area (Å²) in [7, 11) is 1.26. The number of methoxy groups -OCH3 is 1. The molecular formula is C9H10BrN3O3. The standard InChI is InChI=1S/C9H10BrN3O3/c1-16-9(15)5-2-6(10)7(3-12-4-14)13-8(5)11/h2,4H,3H2,1H3,(H2,11,13)(H,12,14). The van der Waals surface area contributed by atoms with Crippen LogP contribution in [0.2, 0.25) is 0 Å². The lowest BCUT2D eigenvalue weighted by atomic mass is 10.2. The molecule has 1 rings (SSSR count). The zero-order valence-electron chi connectivity index (χ0n) is 8.49. The molecule has 0 aliphatic heterocycles. The van der Waals surface area contributed by atoms with Crippen LogP contribution in [0.4, 0.5) is 5.82 Å². The Labute approximate surface area is 100 Å². The number of pyridine rings is 1. The fourth-order valence-electron chi connectivity index (χ4n) is 1.08. The first kappa shape index (κ1) is 12.4. The highest BCUT2D eigenvalue weighted by atomic mass is 79.9. The Hall–Kier alpha value is -1.63. The summed E-state index contributed by atoms with van der Waals surface area (Å²) in [5.41, 5.74) is 6.31. The Bertz CT molecular complexity index is 423. The van der Waals surface area contributed by atoms with Gasteiger partial charge in [0.2, 0.25) is 6.41 Å². The second-order valence-electron chi connectivity index (χ2n) is 2.84. The van der Waals surface area contributed by atoms with Crippen LogP contribution >= 0.6 is 15.9 Å². The zero-order chi connectivity index (χ0) is 12.1. The number of anilines is 1. The second-order valence-corrected chi connectivity index (χ2v) is 3.69. The van der Waals surface area contributed by atoms with E-state index in [4.69, 9.17) is 5.73 Å². The molecule has 0 saturated heterocycles. The van der Waals surface area contributed by atoms with E-state index in [1.54, 1.807) is 0 Å². The summed E-state index contributed by atoms with van der Waals surface area (Å²) >= 11 is 3.23. The van der Waals surface area contributed by atoms with Gasteiger partial charge in [0.15, 0.2) is 0 Å². The normalized spacial score (nSPS) is 9.62. The molecule has 1 heterocycles. The van der Waals surface area contributed by atoms with Gasteiger partial charge in [-0.05, 0) is 22.0 Å². The van der Waals surface area contributed by atoms with Crippen LogP contribution in [-0.2, 0) is 16.1 Å². The van der Waals surface area contributed by atoms with Gasteiger partial charge < -0.3 is 15.8 Å². The van der Waals surface area contributed by atoms with E-state index in [0.29, 0.717) is 16.6 Å². The number of nitrogens with zero attached hydrogens (tertiary/aromatic N) is 1. The van der Waals surface area contributed by atoms with Crippen LogP contribution in [0, 0.1) is 0 Å². The molecule has 1 aromatic heterocycles. The summed E-state index contributed by atoms with van der Waals surface area (Å²) in [6, 6.07) is 1.51. The molecule has 0 bridgehead atoms. The van der Waals surface area contributed by atoms with Crippen molar-refractivity contribution in [3.8, 4) is 0 Å². The highest BCUT2D eigenvalue weighted by Gasteiger charge is 2.14. The maximum Gasteiger partial charge on any atom is 0.341 e. The first-order chi connectivity index (χ1) is 7.60. The largest absolute Gasteiger partial charge is 0.465 e. The minimum Gasteiger partial charge on any atom is -0.465 e. The first-order valence-corrected chi connectivity index (χ1v) is 5.09. The summed E-state index contributed by atoms with van der Waals surface area (Å²) in [6.07, 6.45) is 0.554. The molecule has 0 aromatic carbocycles. The minimum atomic E-state index is -0.555. The molecule has 3 N–H and O–H groups in total. The van der Waals surface area contributed by atoms with Gasteiger partial charge in [-0.15, -0.1) is 0 Å². The minimum absolute atomic E-state index is 0.0674. The van der Waals surface area contributed by atoms with Crippen molar-refractivity contribution < 1.29 is 14.3 Å². The third-order valence-corrected chi connectivity index (χ3v) is 2.52. The Morgan fingerprint density at radius 3 is 3.00 bits per heavy atom. The molecular weight excluding hydrogens is 278 g/mol. The average Bonchev–Trinajstić information content (AvgIpc) is 2.28. The molecule has 0 saturated carbocycles. The summed E-state index contributed by atoms with van der Waals surface area (Å²) in [5.74, 6) is -0.488. The lowest BCUT2D eigenvalue weighted by Crippen LogP contribution is -2.14. The van der Waals surface area contributed by atoms with Gasteiger partial charge in [-0.3, -0.25) is 4.79 Å². The Kier molecular flexibility index (Phi) is 4.24. The molecule has 0 aliphatic carbocycles. The van der Waals surface area contributed by atoms with Crippen molar-refractivity contribution in [1.82, 2.24) is 10.3 Å². The summed E-state index contributed by atoms with van der Waals surface area (Å²) in [6.45, 7) is 0.232. The number of esters is 1. The third kappa shape index (κ3) is 2.69. The van der Waals surface area contributed by atoms with Crippen molar-refractivity contribution >= 4 is 34.1 Å². The van der Waals surface area contributed by atoms with Crippen molar-refractivity contribution in [2.75, 3.05) is 12.8 Å². The monoisotopic (exact) mass is 287 g/mol. The first-order valence-electron chi connectivity index (χ1n) is 4.30. The number of nitrogen functional groups attached to an aromatic ring is 1. The highest BCUT2D eigenvalue weighted by Crippen LogP contribution is 2.21. The number of ether oxygens (including phenoxy) is 1. The lowest BCUT2D eigenvalue weighted by Gasteiger charge is -2.08. The Morgan fingerprint density at radius 2 is 2.44 bits per heavy atom. The molecule has 0 radical (unpaired) electrons. The summed E-state index contributed by atoms with van der Waals surface area (Å²) < 4.78 is 5.12. The topological polar surface area (TPSA) is 94.3 Å². The van der Waals surface area contributed by atoms with Crippen LogP contribution in [0.25, 0.3) is 0 Å². The van der Waals surface area contributed by atoms with Crippen LogP contribution in [-0.4, -0.2) is 24.5 Å².